The first kappa shape index (κ1) is 16.5. The number of benzene rings is 1. The summed E-state index contributed by atoms with van der Waals surface area (Å²) in [5.74, 6) is 0.901. The first-order valence-corrected chi connectivity index (χ1v) is 7.60. The predicted molar refractivity (Wildman–Crippen MR) is 91.2 cm³/mol. The van der Waals surface area contributed by atoms with Gasteiger partial charge in [0.25, 0.3) is 0 Å². The van der Waals surface area contributed by atoms with E-state index in [0.29, 0.717) is 12.6 Å². The monoisotopic (exact) mass is 299 g/mol. The summed E-state index contributed by atoms with van der Waals surface area (Å²) in [4.78, 5) is 6.45. The maximum atomic E-state index is 5.72. The molecule has 1 atom stereocenters. The van der Waals surface area contributed by atoms with Gasteiger partial charge >= 0.3 is 0 Å². The summed E-state index contributed by atoms with van der Waals surface area (Å²) < 4.78 is 5.72. The van der Waals surface area contributed by atoms with Crippen LogP contribution in [0.4, 0.5) is 0 Å². The Balaban J connectivity index is 2.07. The molecule has 1 aromatic heterocycles. The molecule has 4 heteroatoms. The number of nitrogens with zero attached hydrogens (tertiary/aromatic N) is 2. The van der Waals surface area contributed by atoms with Crippen molar-refractivity contribution in [3.63, 3.8) is 0 Å². The molecule has 0 saturated heterocycles. The van der Waals surface area contributed by atoms with Gasteiger partial charge in [-0.05, 0) is 57.4 Å². The highest BCUT2D eigenvalue weighted by molar-refractivity contribution is 5.64. The van der Waals surface area contributed by atoms with Crippen LogP contribution in [-0.2, 0) is 0 Å². The topological polar surface area (TPSA) is 37.4 Å². The Morgan fingerprint density at radius 1 is 1.14 bits per heavy atom. The van der Waals surface area contributed by atoms with Crippen LogP contribution in [0.3, 0.4) is 0 Å². The van der Waals surface area contributed by atoms with Crippen LogP contribution in [0.1, 0.15) is 18.5 Å². The van der Waals surface area contributed by atoms with E-state index >= 15 is 0 Å². The van der Waals surface area contributed by atoms with Crippen LogP contribution in [0.2, 0.25) is 0 Å². The summed E-state index contributed by atoms with van der Waals surface area (Å²) >= 11 is 0. The van der Waals surface area contributed by atoms with Crippen molar-refractivity contribution in [1.82, 2.24) is 15.2 Å². The van der Waals surface area contributed by atoms with Crippen molar-refractivity contribution in [2.75, 3.05) is 34.3 Å². The minimum atomic E-state index is 0.293. The highest BCUT2D eigenvalue weighted by Crippen LogP contribution is 2.24. The predicted octanol–water partition coefficient (Wildman–Crippen LogP) is 2.97. The van der Waals surface area contributed by atoms with E-state index in [1.54, 1.807) is 0 Å². The smallest absolute Gasteiger partial charge is 0.119 e. The van der Waals surface area contributed by atoms with Crippen molar-refractivity contribution >= 4 is 0 Å². The van der Waals surface area contributed by atoms with Crippen molar-refractivity contribution in [1.29, 1.82) is 0 Å². The fraction of sp³-hybridized carbons (Fsp3) is 0.389. The summed E-state index contributed by atoms with van der Waals surface area (Å²) in [6.07, 6.45) is 3.80. The second-order valence-electron chi connectivity index (χ2n) is 5.69. The number of ether oxygens (including phenoxy) is 1. The zero-order chi connectivity index (χ0) is 15.9. The van der Waals surface area contributed by atoms with Gasteiger partial charge in [-0.2, -0.15) is 0 Å². The SMILES string of the molecule is CNC(C)c1cncc(-c2ccc(OCCN(C)C)cc2)c1. The molecule has 2 rings (SSSR count). The normalized spacial score (nSPS) is 12.4. The van der Waals surface area contributed by atoms with Gasteiger partial charge in [0.05, 0.1) is 0 Å². The van der Waals surface area contributed by atoms with E-state index in [4.69, 9.17) is 4.74 Å². The van der Waals surface area contributed by atoms with Gasteiger partial charge in [-0.25, -0.2) is 0 Å². The molecular formula is C18H25N3O. The Hall–Kier alpha value is -1.91. The van der Waals surface area contributed by atoms with Crippen LogP contribution in [0, 0.1) is 0 Å². The molecule has 0 aliphatic rings. The van der Waals surface area contributed by atoms with E-state index in [-0.39, 0.29) is 0 Å². The lowest BCUT2D eigenvalue weighted by Gasteiger charge is -2.13. The molecule has 0 radical (unpaired) electrons. The van der Waals surface area contributed by atoms with Crippen LogP contribution in [-0.4, -0.2) is 44.2 Å². The van der Waals surface area contributed by atoms with Gasteiger partial charge in [0.1, 0.15) is 12.4 Å². The Labute approximate surface area is 133 Å². The average Bonchev–Trinajstić information content (AvgIpc) is 2.54. The minimum absolute atomic E-state index is 0.293. The van der Waals surface area contributed by atoms with Gasteiger partial charge in [-0.1, -0.05) is 12.1 Å². The number of nitrogens with one attached hydrogen (secondary N) is 1. The van der Waals surface area contributed by atoms with Crippen LogP contribution >= 0.6 is 0 Å². The standard InChI is InChI=1S/C18H25N3O/c1-14(19-2)16-11-17(13-20-12-16)15-5-7-18(8-6-15)22-10-9-21(3)4/h5-8,11-14,19H,9-10H2,1-4H3. The number of aromatic nitrogens is 1. The number of pyridine rings is 1. The summed E-state index contributed by atoms with van der Waals surface area (Å²) in [6, 6.07) is 10.7. The molecule has 1 N–H and O–H groups in total. The fourth-order valence-corrected chi connectivity index (χ4v) is 2.11. The average molecular weight is 299 g/mol. The number of likely N-dealkylation sites (N-methyl/N-ethyl adjacent to an activating group) is 1. The third-order valence-electron chi connectivity index (χ3n) is 3.69. The van der Waals surface area contributed by atoms with E-state index in [9.17, 15) is 0 Å². The molecule has 22 heavy (non-hydrogen) atoms. The molecule has 4 nitrogen and oxygen atoms in total. The van der Waals surface area contributed by atoms with Crippen molar-refractivity contribution < 1.29 is 4.74 Å². The summed E-state index contributed by atoms with van der Waals surface area (Å²) in [7, 11) is 6.04. The molecule has 0 saturated carbocycles. The lowest BCUT2D eigenvalue weighted by Crippen LogP contribution is -2.19. The summed E-state index contributed by atoms with van der Waals surface area (Å²) in [5, 5.41) is 3.24. The van der Waals surface area contributed by atoms with Gasteiger partial charge in [0.2, 0.25) is 0 Å². The molecule has 1 aromatic carbocycles. The third kappa shape index (κ3) is 4.55. The molecule has 118 valence electrons. The molecular weight excluding hydrogens is 274 g/mol. The highest BCUT2D eigenvalue weighted by atomic mass is 16.5. The second kappa shape index (κ2) is 7.92. The van der Waals surface area contributed by atoms with Gasteiger partial charge in [0, 0.05) is 30.5 Å². The Bertz CT molecular complexity index is 581. The van der Waals surface area contributed by atoms with Crippen molar-refractivity contribution in [3.8, 4) is 16.9 Å². The molecule has 2 aromatic rings. The third-order valence-corrected chi connectivity index (χ3v) is 3.69. The summed E-state index contributed by atoms with van der Waals surface area (Å²) in [5.41, 5.74) is 3.46. The number of hydrogen-bond acceptors (Lipinski definition) is 4. The molecule has 0 aliphatic carbocycles. The zero-order valence-corrected chi connectivity index (χ0v) is 13.8. The zero-order valence-electron chi connectivity index (χ0n) is 13.8. The number of hydrogen-bond donors (Lipinski definition) is 1. The van der Waals surface area contributed by atoms with E-state index in [2.05, 4.69) is 40.3 Å². The molecule has 1 unspecified atom stereocenters. The molecule has 0 amide bonds. The maximum absolute atomic E-state index is 5.72. The van der Waals surface area contributed by atoms with Crippen molar-refractivity contribution in [2.45, 2.75) is 13.0 Å². The maximum Gasteiger partial charge on any atom is 0.119 e. The van der Waals surface area contributed by atoms with Crippen LogP contribution in [0.25, 0.3) is 11.1 Å². The number of rotatable bonds is 7. The molecule has 1 heterocycles. The molecule has 0 spiro atoms. The van der Waals surface area contributed by atoms with Crippen molar-refractivity contribution in [3.05, 3.63) is 48.3 Å². The van der Waals surface area contributed by atoms with E-state index < -0.39 is 0 Å². The quantitative estimate of drug-likeness (QED) is 0.853. The van der Waals surface area contributed by atoms with Crippen LogP contribution in [0.5, 0.6) is 5.75 Å². The highest BCUT2D eigenvalue weighted by Gasteiger charge is 2.05. The second-order valence-corrected chi connectivity index (χ2v) is 5.69. The molecule has 0 bridgehead atoms. The van der Waals surface area contributed by atoms with Crippen molar-refractivity contribution in [2.24, 2.45) is 0 Å². The van der Waals surface area contributed by atoms with Gasteiger partial charge < -0.3 is 15.0 Å². The summed E-state index contributed by atoms with van der Waals surface area (Å²) in [6.45, 7) is 3.74. The van der Waals surface area contributed by atoms with E-state index in [1.165, 1.54) is 5.56 Å². The lowest BCUT2D eigenvalue weighted by molar-refractivity contribution is 0.261. The molecule has 0 fully saturated rings. The van der Waals surface area contributed by atoms with Gasteiger partial charge in [0.15, 0.2) is 0 Å². The van der Waals surface area contributed by atoms with E-state index in [1.807, 2.05) is 45.7 Å². The Kier molecular flexibility index (Phi) is 5.92. The minimum Gasteiger partial charge on any atom is -0.492 e. The molecule has 0 aliphatic heterocycles. The fourth-order valence-electron chi connectivity index (χ4n) is 2.11. The first-order valence-electron chi connectivity index (χ1n) is 7.60. The van der Waals surface area contributed by atoms with E-state index in [0.717, 1.165) is 23.4 Å². The van der Waals surface area contributed by atoms with Gasteiger partial charge in [-0.3, -0.25) is 4.98 Å². The Morgan fingerprint density at radius 2 is 1.86 bits per heavy atom. The lowest BCUT2D eigenvalue weighted by atomic mass is 10.0. The van der Waals surface area contributed by atoms with Gasteiger partial charge in [-0.15, -0.1) is 0 Å². The van der Waals surface area contributed by atoms with Crippen LogP contribution < -0.4 is 10.1 Å². The largest absolute Gasteiger partial charge is 0.492 e. The van der Waals surface area contributed by atoms with Crippen LogP contribution in [0.15, 0.2) is 42.7 Å². The Morgan fingerprint density at radius 3 is 2.50 bits per heavy atom. The first-order chi connectivity index (χ1) is 10.6.